The van der Waals surface area contributed by atoms with Gasteiger partial charge in [-0.1, -0.05) is 35.4 Å². The molecule has 2 aromatic carbocycles. The summed E-state index contributed by atoms with van der Waals surface area (Å²) in [6, 6.07) is 11.6. The highest BCUT2D eigenvalue weighted by atomic mass is 35.5. The number of aryl methyl sites for hydroxylation is 1. The van der Waals surface area contributed by atoms with Crippen LogP contribution in [0.1, 0.15) is 15.9 Å². The van der Waals surface area contributed by atoms with Gasteiger partial charge in [-0.05, 0) is 25.1 Å². The van der Waals surface area contributed by atoms with Crippen LogP contribution in [0.2, 0.25) is 5.02 Å². The molecular formula is C15H13ClN2O3. The first-order valence-corrected chi connectivity index (χ1v) is 6.57. The number of hydrogen-bond acceptors (Lipinski definition) is 3. The average molecular weight is 305 g/mol. The van der Waals surface area contributed by atoms with Crippen molar-refractivity contribution in [3.05, 3.63) is 68.7 Å². The number of benzene rings is 2. The van der Waals surface area contributed by atoms with Crippen LogP contribution in [-0.4, -0.2) is 17.9 Å². The largest absolute Gasteiger partial charge is 0.311 e. The van der Waals surface area contributed by atoms with E-state index in [1.165, 1.54) is 23.1 Å². The summed E-state index contributed by atoms with van der Waals surface area (Å²) in [7, 11) is 1.60. The van der Waals surface area contributed by atoms with Gasteiger partial charge in [0, 0.05) is 18.8 Å². The fourth-order valence-electron chi connectivity index (χ4n) is 1.89. The number of halogens is 1. The highest BCUT2D eigenvalue weighted by Gasteiger charge is 2.22. The van der Waals surface area contributed by atoms with Crippen molar-refractivity contribution >= 4 is 28.9 Å². The summed E-state index contributed by atoms with van der Waals surface area (Å²) in [6.07, 6.45) is 0. The molecule has 0 fully saturated rings. The van der Waals surface area contributed by atoms with Crippen molar-refractivity contribution in [3.8, 4) is 0 Å². The van der Waals surface area contributed by atoms with E-state index in [0.717, 1.165) is 5.56 Å². The maximum atomic E-state index is 12.4. The minimum Gasteiger partial charge on any atom is -0.311 e. The van der Waals surface area contributed by atoms with Gasteiger partial charge in [-0.2, -0.15) is 0 Å². The summed E-state index contributed by atoms with van der Waals surface area (Å²) in [6.45, 7) is 1.95. The summed E-state index contributed by atoms with van der Waals surface area (Å²) >= 11 is 5.97. The number of rotatable bonds is 3. The van der Waals surface area contributed by atoms with E-state index in [2.05, 4.69) is 0 Å². The second-order valence-electron chi connectivity index (χ2n) is 4.60. The predicted molar refractivity (Wildman–Crippen MR) is 82.0 cm³/mol. The molecule has 0 aromatic heterocycles. The Hall–Kier alpha value is -2.40. The number of hydrogen-bond donors (Lipinski definition) is 0. The molecule has 108 valence electrons. The van der Waals surface area contributed by atoms with E-state index < -0.39 is 10.8 Å². The Morgan fingerprint density at radius 1 is 1.19 bits per heavy atom. The van der Waals surface area contributed by atoms with Crippen molar-refractivity contribution < 1.29 is 9.72 Å². The molecular weight excluding hydrogens is 292 g/mol. The molecule has 0 N–H and O–H groups in total. The standard InChI is InChI=1S/C15H13ClN2O3/c1-10-6-8-11(9-7-10)17(2)15(19)12-4-3-5-13(14(12)16)18(20)21/h3-9H,1-2H3. The van der Waals surface area contributed by atoms with Crippen LogP contribution >= 0.6 is 11.6 Å². The van der Waals surface area contributed by atoms with E-state index in [1.54, 1.807) is 19.2 Å². The third-order valence-corrected chi connectivity index (χ3v) is 3.53. The summed E-state index contributed by atoms with van der Waals surface area (Å²) < 4.78 is 0. The van der Waals surface area contributed by atoms with E-state index in [-0.39, 0.29) is 16.3 Å². The number of carbonyl (C=O) groups is 1. The van der Waals surface area contributed by atoms with E-state index in [9.17, 15) is 14.9 Å². The maximum absolute atomic E-state index is 12.4. The second-order valence-corrected chi connectivity index (χ2v) is 4.97. The molecule has 0 aliphatic heterocycles. The van der Waals surface area contributed by atoms with Crippen LogP contribution in [0.3, 0.4) is 0 Å². The Balaban J connectivity index is 2.38. The highest BCUT2D eigenvalue weighted by molar-refractivity contribution is 6.36. The topological polar surface area (TPSA) is 63.5 Å². The Bertz CT molecular complexity index is 699. The normalized spacial score (nSPS) is 10.2. The number of carbonyl (C=O) groups excluding carboxylic acids is 1. The van der Waals surface area contributed by atoms with Crippen LogP contribution in [0.5, 0.6) is 0 Å². The smallest absolute Gasteiger partial charge is 0.288 e. The summed E-state index contributed by atoms with van der Waals surface area (Å²) in [5.74, 6) is -0.396. The van der Waals surface area contributed by atoms with Gasteiger partial charge in [0.2, 0.25) is 0 Å². The van der Waals surface area contributed by atoms with Crippen molar-refractivity contribution in [2.24, 2.45) is 0 Å². The molecule has 0 unspecified atom stereocenters. The molecule has 2 aromatic rings. The molecule has 0 bridgehead atoms. The van der Waals surface area contributed by atoms with Crippen molar-refractivity contribution in [2.45, 2.75) is 6.92 Å². The zero-order valence-corrected chi connectivity index (χ0v) is 12.3. The molecule has 0 spiro atoms. The quantitative estimate of drug-likeness (QED) is 0.639. The van der Waals surface area contributed by atoms with Gasteiger partial charge in [0.05, 0.1) is 10.5 Å². The fourth-order valence-corrected chi connectivity index (χ4v) is 2.17. The van der Waals surface area contributed by atoms with Crippen molar-refractivity contribution in [2.75, 3.05) is 11.9 Å². The Labute approximate surface area is 126 Å². The van der Waals surface area contributed by atoms with Crippen LogP contribution in [0.25, 0.3) is 0 Å². The van der Waals surface area contributed by atoms with Crippen LogP contribution in [0, 0.1) is 17.0 Å². The molecule has 5 nitrogen and oxygen atoms in total. The molecule has 2 rings (SSSR count). The van der Waals surface area contributed by atoms with Crippen LogP contribution in [0.15, 0.2) is 42.5 Å². The number of amides is 1. The Morgan fingerprint density at radius 3 is 2.38 bits per heavy atom. The fraction of sp³-hybridized carbons (Fsp3) is 0.133. The number of nitrogens with zero attached hydrogens (tertiary/aromatic N) is 2. The van der Waals surface area contributed by atoms with Crippen molar-refractivity contribution in [1.29, 1.82) is 0 Å². The molecule has 21 heavy (non-hydrogen) atoms. The van der Waals surface area contributed by atoms with Crippen molar-refractivity contribution in [1.82, 2.24) is 0 Å². The highest BCUT2D eigenvalue weighted by Crippen LogP contribution is 2.29. The van der Waals surface area contributed by atoms with E-state index in [4.69, 9.17) is 11.6 Å². The zero-order chi connectivity index (χ0) is 15.6. The van der Waals surface area contributed by atoms with Gasteiger partial charge >= 0.3 is 0 Å². The van der Waals surface area contributed by atoms with Gasteiger partial charge in [-0.3, -0.25) is 14.9 Å². The molecule has 0 saturated carbocycles. The average Bonchev–Trinajstić information content (AvgIpc) is 2.46. The number of nitro groups is 1. The lowest BCUT2D eigenvalue weighted by atomic mass is 10.1. The Morgan fingerprint density at radius 2 is 1.81 bits per heavy atom. The van der Waals surface area contributed by atoms with Gasteiger partial charge < -0.3 is 4.90 Å². The first kappa shape index (κ1) is 15.0. The van der Waals surface area contributed by atoms with E-state index >= 15 is 0 Å². The minimum atomic E-state index is -0.606. The lowest BCUT2D eigenvalue weighted by molar-refractivity contribution is -0.384. The molecule has 0 radical (unpaired) electrons. The Kier molecular flexibility index (Phi) is 4.23. The lowest BCUT2D eigenvalue weighted by Gasteiger charge is -2.18. The predicted octanol–water partition coefficient (Wildman–Crippen LogP) is 3.83. The van der Waals surface area contributed by atoms with Crippen LogP contribution < -0.4 is 4.90 Å². The first-order valence-electron chi connectivity index (χ1n) is 6.19. The second kappa shape index (κ2) is 5.93. The molecule has 1 amide bonds. The summed E-state index contributed by atoms with van der Waals surface area (Å²) in [5, 5.41) is 10.7. The van der Waals surface area contributed by atoms with Crippen molar-refractivity contribution in [3.63, 3.8) is 0 Å². The zero-order valence-electron chi connectivity index (χ0n) is 11.5. The third kappa shape index (κ3) is 3.03. The number of anilines is 1. The summed E-state index contributed by atoms with van der Waals surface area (Å²) in [5.41, 5.74) is 1.59. The first-order chi connectivity index (χ1) is 9.91. The van der Waals surface area contributed by atoms with Crippen LogP contribution in [0.4, 0.5) is 11.4 Å². The van der Waals surface area contributed by atoms with Gasteiger partial charge in [-0.15, -0.1) is 0 Å². The SMILES string of the molecule is Cc1ccc(N(C)C(=O)c2cccc([N+](=O)[O-])c2Cl)cc1. The minimum absolute atomic E-state index is 0.106. The lowest BCUT2D eigenvalue weighted by Crippen LogP contribution is -2.26. The molecule has 0 saturated heterocycles. The molecule has 0 atom stereocenters. The molecule has 0 aliphatic carbocycles. The van der Waals surface area contributed by atoms with Gasteiger partial charge in [0.25, 0.3) is 11.6 Å². The van der Waals surface area contributed by atoms with E-state index in [1.807, 2.05) is 19.1 Å². The molecule has 0 heterocycles. The summed E-state index contributed by atoms with van der Waals surface area (Å²) in [4.78, 5) is 24.1. The van der Waals surface area contributed by atoms with Crippen LogP contribution in [-0.2, 0) is 0 Å². The van der Waals surface area contributed by atoms with Gasteiger partial charge in [0.15, 0.2) is 0 Å². The maximum Gasteiger partial charge on any atom is 0.288 e. The van der Waals surface area contributed by atoms with Gasteiger partial charge in [0.1, 0.15) is 5.02 Å². The van der Waals surface area contributed by atoms with E-state index in [0.29, 0.717) is 5.69 Å². The number of nitro benzene ring substituents is 1. The monoisotopic (exact) mass is 304 g/mol. The molecule has 6 heteroatoms. The molecule has 0 aliphatic rings. The van der Waals surface area contributed by atoms with Gasteiger partial charge in [-0.25, -0.2) is 0 Å². The third-order valence-electron chi connectivity index (χ3n) is 3.13.